The number of fused-ring (bicyclic) bond motifs is 1. The second-order valence-electron chi connectivity index (χ2n) is 4.28. The Hall–Kier alpha value is -1.65. The number of halogens is 3. The lowest BCUT2D eigenvalue weighted by atomic mass is 10.3. The highest BCUT2D eigenvalue weighted by atomic mass is 35.5. The first-order valence-corrected chi connectivity index (χ1v) is 6.95. The fourth-order valence-corrected chi connectivity index (χ4v) is 2.42. The van der Waals surface area contributed by atoms with Crippen LogP contribution in [-0.4, -0.2) is 20.4 Å². The van der Waals surface area contributed by atoms with Crippen LogP contribution in [0.4, 0.5) is 4.39 Å². The summed E-state index contributed by atoms with van der Waals surface area (Å²) in [5.41, 5.74) is 2.17. The van der Waals surface area contributed by atoms with E-state index in [9.17, 15) is 4.39 Å². The van der Waals surface area contributed by atoms with E-state index in [0.717, 1.165) is 11.5 Å². The number of hydrogen-bond donors (Lipinski definition) is 0. The van der Waals surface area contributed by atoms with Gasteiger partial charge in [0.05, 0.1) is 5.02 Å². The lowest BCUT2D eigenvalue weighted by Gasteiger charge is -2.07. The topological polar surface area (TPSA) is 30.7 Å². The lowest BCUT2D eigenvalue weighted by molar-refractivity contribution is 0.627. The van der Waals surface area contributed by atoms with E-state index < -0.39 is 0 Å². The molecule has 0 radical (unpaired) electrons. The monoisotopic (exact) mass is 309 g/mol. The normalized spacial score (nSPS) is 11.2. The minimum atomic E-state index is -0.284. The number of rotatable bonds is 3. The lowest BCUT2D eigenvalue weighted by Crippen LogP contribution is -2.03. The molecule has 2 heterocycles. The van der Waals surface area contributed by atoms with Gasteiger partial charge >= 0.3 is 0 Å². The molecule has 0 atom stereocenters. The Bertz CT molecular complexity index is 753. The van der Waals surface area contributed by atoms with E-state index in [1.807, 2.05) is 4.57 Å². The van der Waals surface area contributed by atoms with Gasteiger partial charge < -0.3 is 0 Å². The maximum Gasteiger partial charge on any atom is 0.164 e. The van der Waals surface area contributed by atoms with E-state index in [4.69, 9.17) is 23.2 Å². The summed E-state index contributed by atoms with van der Waals surface area (Å²) < 4.78 is 14.9. The van der Waals surface area contributed by atoms with Crippen LogP contribution in [0, 0.1) is 5.82 Å². The van der Waals surface area contributed by atoms with E-state index in [-0.39, 0.29) is 5.82 Å². The Morgan fingerprint density at radius 3 is 2.65 bits per heavy atom. The molecule has 3 aromatic rings. The van der Waals surface area contributed by atoms with Crippen LogP contribution in [0.2, 0.25) is 5.02 Å². The zero-order valence-electron chi connectivity index (χ0n) is 10.4. The van der Waals surface area contributed by atoms with Crippen molar-refractivity contribution in [3.8, 4) is 5.69 Å². The van der Waals surface area contributed by atoms with Crippen molar-refractivity contribution < 1.29 is 4.39 Å². The first kappa shape index (κ1) is 13.3. The van der Waals surface area contributed by atoms with Crippen molar-refractivity contribution in [2.45, 2.75) is 6.42 Å². The predicted octanol–water partition coefficient (Wildman–Crippen LogP) is 3.99. The molecule has 0 aliphatic rings. The van der Waals surface area contributed by atoms with Crippen LogP contribution in [0.15, 0.2) is 36.5 Å². The van der Waals surface area contributed by atoms with Crippen LogP contribution in [0.3, 0.4) is 0 Å². The van der Waals surface area contributed by atoms with Crippen LogP contribution in [0.25, 0.3) is 16.9 Å². The van der Waals surface area contributed by atoms with Gasteiger partial charge in [-0.1, -0.05) is 11.6 Å². The highest BCUT2D eigenvalue weighted by Crippen LogP contribution is 2.23. The molecule has 20 heavy (non-hydrogen) atoms. The van der Waals surface area contributed by atoms with Crippen molar-refractivity contribution >= 4 is 34.4 Å². The van der Waals surface area contributed by atoms with Crippen LogP contribution in [0.5, 0.6) is 0 Å². The maximum atomic E-state index is 13.1. The molecular weight excluding hydrogens is 300 g/mol. The van der Waals surface area contributed by atoms with E-state index in [2.05, 4.69) is 9.97 Å². The predicted molar refractivity (Wildman–Crippen MR) is 78.3 cm³/mol. The van der Waals surface area contributed by atoms with Gasteiger partial charge in [-0.25, -0.2) is 14.4 Å². The molecule has 102 valence electrons. The van der Waals surface area contributed by atoms with Crippen LogP contribution >= 0.6 is 23.2 Å². The van der Waals surface area contributed by atoms with Gasteiger partial charge in [0.2, 0.25) is 0 Å². The van der Waals surface area contributed by atoms with Gasteiger partial charge in [0.15, 0.2) is 5.65 Å². The smallest absolute Gasteiger partial charge is 0.164 e. The first-order valence-electron chi connectivity index (χ1n) is 6.04. The third-order valence-corrected chi connectivity index (χ3v) is 3.33. The van der Waals surface area contributed by atoms with Crippen molar-refractivity contribution in [3.05, 3.63) is 53.2 Å². The molecule has 0 aliphatic heterocycles. The highest BCUT2D eigenvalue weighted by molar-refractivity contribution is 6.31. The molecule has 0 aliphatic carbocycles. The zero-order valence-corrected chi connectivity index (χ0v) is 11.9. The summed E-state index contributed by atoms with van der Waals surface area (Å²) in [5, 5.41) is 0.527. The third kappa shape index (κ3) is 2.37. The average molecular weight is 310 g/mol. The van der Waals surface area contributed by atoms with Crippen LogP contribution in [-0.2, 0) is 6.42 Å². The van der Waals surface area contributed by atoms with Crippen molar-refractivity contribution in [2.24, 2.45) is 0 Å². The fourth-order valence-electron chi connectivity index (χ4n) is 2.10. The molecule has 3 rings (SSSR count). The number of aromatic nitrogens is 3. The molecule has 0 bridgehead atoms. The molecule has 0 spiro atoms. The van der Waals surface area contributed by atoms with Crippen LogP contribution in [0.1, 0.15) is 5.82 Å². The SMILES string of the molecule is Fc1ccc(-n2c(CCCl)nc3cc(Cl)cnc32)cc1. The van der Waals surface area contributed by atoms with Crippen LogP contribution < -0.4 is 0 Å². The minimum absolute atomic E-state index is 0.284. The summed E-state index contributed by atoms with van der Waals surface area (Å²) in [6.45, 7) is 0. The summed E-state index contributed by atoms with van der Waals surface area (Å²) in [5.74, 6) is 0.933. The van der Waals surface area contributed by atoms with Gasteiger partial charge in [0.25, 0.3) is 0 Å². The largest absolute Gasteiger partial charge is 0.281 e. The summed E-state index contributed by atoms with van der Waals surface area (Å²) >= 11 is 11.8. The van der Waals surface area contributed by atoms with E-state index in [1.165, 1.54) is 12.1 Å². The number of nitrogens with zero attached hydrogens (tertiary/aromatic N) is 3. The Balaban J connectivity index is 2.25. The number of pyridine rings is 1. The van der Waals surface area contributed by atoms with Gasteiger partial charge in [-0.15, -0.1) is 11.6 Å². The molecule has 0 saturated heterocycles. The van der Waals surface area contributed by atoms with E-state index in [0.29, 0.717) is 28.5 Å². The molecule has 3 nitrogen and oxygen atoms in total. The van der Waals surface area contributed by atoms with E-state index in [1.54, 1.807) is 24.4 Å². The van der Waals surface area contributed by atoms with Gasteiger partial charge in [-0.05, 0) is 30.3 Å². The van der Waals surface area contributed by atoms with Crippen molar-refractivity contribution in [2.75, 3.05) is 5.88 Å². The second kappa shape index (κ2) is 5.38. The number of imidazole rings is 1. The first-order chi connectivity index (χ1) is 9.69. The summed E-state index contributed by atoms with van der Waals surface area (Å²) in [7, 11) is 0. The Morgan fingerprint density at radius 1 is 1.20 bits per heavy atom. The fraction of sp³-hybridized carbons (Fsp3) is 0.143. The van der Waals surface area contributed by atoms with Gasteiger partial charge in [0, 0.05) is 24.2 Å². The molecule has 0 N–H and O–H groups in total. The summed E-state index contributed by atoms with van der Waals surface area (Å²) in [4.78, 5) is 8.81. The summed E-state index contributed by atoms with van der Waals surface area (Å²) in [6.07, 6.45) is 2.16. The molecule has 0 fully saturated rings. The molecule has 0 unspecified atom stereocenters. The Kier molecular flexibility index (Phi) is 3.59. The zero-order chi connectivity index (χ0) is 14.1. The molecule has 0 saturated carbocycles. The molecular formula is C14H10Cl2FN3. The molecule has 2 aromatic heterocycles. The van der Waals surface area contributed by atoms with Gasteiger partial charge in [-0.2, -0.15) is 0 Å². The quantitative estimate of drug-likeness (QED) is 0.685. The standard InChI is InChI=1S/C14H10Cl2FN3/c15-6-5-13-19-12-7-9(16)8-18-14(12)20(13)11-3-1-10(17)2-4-11/h1-4,7-8H,5-6H2. The number of aryl methyl sites for hydroxylation is 1. The van der Waals surface area contributed by atoms with Crippen molar-refractivity contribution in [3.63, 3.8) is 0 Å². The number of alkyl halides is 1. The highest BCUT2D eigenvalue weighted by Gasteiger charge is 2.13. The van der Waals surface area contributed by atoms with Crippen molar-refractivity contribution in [1.29, 1.82) is 0 Å². The van der Waals surface area contributed by atoms with Gasteiger partial charge in [-0.3, -0.25) is 4.57 Å². The van der Waals surface area contributed by atoms with Crippen molar-refractivity contribution in [1.82, 2.24) is 14.5 Å². The molecule has 1 aromatic carbocycles. The Morgan fingerprint density at radius 2 is 1.95 bits per heavy atom. The van der Waals surface area contributed by atoms with Gasteiger partial charge in [0.1, 0.15) is 17.2 Å². The maximum absolute atomic E-state index is 13.1. The van der Waals surface area contributed by atoms with E-state index >= 15 is 0 Å². The second-order valence-corrected chi connectivity index (χ2v) is 5.09. The minimum Gasteiger partial charge on any atom is -0.281 e. The Labute approximate surface area is 125 Å². The number of benzene rings is 1. The molecule has 6 heteroatoms. The molecule has 0 amide bonds. The average Bonchev–Trinajstić information content (AvgIpc) is 2.77. The number of hydrogen-bond acceptors (Lipinski definition) is 2. The third-order valence-electron chi connectivity index (χ3n) is 2.94. The summed E-state index contributed by atoms with van der Waals surface area (Å²) in [6, 6.07) is 7.93.